The Hall–Kier alpha value is -6.70. The van der Waals surface area contributed by atoms with Crippen LogP contribution in [0, 0.1) is 0 Å². The van der Waals surface area contributed by atoms with Crippen LogP contribution in [0.3, 0.4) is 0 Å². The van der Waals surface area contributed by atoms with Crippen molar-refractivity contribution in [2.45, 2.75) is 6.92 Å². The number of nitrogens with zero attached hydrogens (tertiary/aromatic N) is 2. The van der Waals surface area contributed by atoms with Gasteiger partial charge in [-0.25, -0.2) is 14.8 Å². The molecular weight excluding hydrogens is 807 g/mol. The quantitative estimate of drug-likeness (QED) is 0.163. The van der Waals surface area contributed by atoms with Crippen molar-refractivity contribution >= 4 is 97.9 Å². The zero-order valence-corrected chi connectivity index (χ0v) is 34.3. The van der Waals surface area contributed by atoms with Crippen molar-refractivity contribution in [1.29, 1.82) is 0 Å². The van der Waals surface area contributed by atoms with Crippen LogP contribution in [0.1, 0.15) is 40.1 Å². The molecule has 2 aliphatic heterocycles. The minimum absolute atomic E-state index is 0.255. The van der Waals surface area contributed by atoms with Gasteiger partial charge in [0.15, 0.2) is 0 Å². The highest BCUT2D eigenvalue weighted by molar-refractivity contribution is 6.31. The smallest absolute Gasteiger partial charge is 0.338 e. The number of benzene rings is 5. The summed E-state index contributed by atoms with van der Waals surface area (Å²) in [4.78, 5) is 31.9. The Morgan fingerprint density at radius 3 is 1.30 bits per heavy atom. The molecule has 8 aromatic rings. The molecule has 0 saturated carbocycles. The van der Waals surface area contributed by atoms with Crippen LogP contribution in [0.15, 0.2) is 133 Å². The summed E-state index contributed by atoms with van der Waals surface area (Å²) in [6.45, 7) is 2.07. The number of aromatic nitrogens is 4. The standard InChI is InChI=1S/C51H33Cl3N4O2/c1-2-60-51(59)37-8-4-6-29-5-3-7-36(46(29)37)50-44-27-25-42(57-44)48(31-11-17-34(53)18-12-31)40-23-21-38(55-40)47(30-9-15-33(52)16-10-30)39-22-24-41(56-39)49(43-26-28-45(50)58-43)32-13-19-35(54)20-14-32/h3-28,55,58H,2H2,1H3. The first-order chi connectivity index (χ1) is 29.3. The Morgan fingerprint density at radius 2 is 0.883 bits per heavy atom. The molecule has 290 valence electrons. The van der Waals surface area contributed by atoms with Gasteiger partial charge in [0.2, 0.25) is 0 Å². The average molecular weight is 840 g/mol. The lowest BCUT2D eigenvalue weighted by Gasteiger charge is -2.13. The van der Waals surface area contributed by atoms with Gasteiger partial charge >= 0.3 is 5.97 Å². The summed E-state index contributed by atoms with van der Waals surface area (Å²) in [6.07, 6.45) is 8.18. The molecule has 0 saturated heterocycles. The van der Waals surface area contributed by atoms with Gasteiger partial charge in [-0.1, -0.05) is 102 Å². The fourth-order valence-electron chi connectivity index (χ4n) is 8.18. The molecule has 8 bridgehead atoms. The highest BCUT2D eigenvalue weighted by atomic mass is 35.5. The third-order valence-corrected chi connectivity index (χ3v) is 11.6. The molecule has 10 rings (SSSR count). The fourth-order valence-corrected chi connectivity index (χ4v) is 8.56. The summed E-state index contributed by atoms with van der Waals surface area (Å²) in [6, 6.07) is 43.4. The van der Waals surface area contributed by atoms with Crippen LogP contribution in [0.4, 0.5) is 0 Å². The lowest BCUT2D eigenvalue weighted by atomic mass is 9.93. The van der Waals surface area contributed by atoms with Crippen LogP contribution in [-0.2, 0) is 4.74 Å². The van der Waals surface area contributed by atoms with Crippen molar-refractivity contribution in [3.63, 3.8) is 0 Å². The van der Waals surface area contributed by atoms with Gasteiger partial charge in [0, 0.05) is 64.8 Å². The largest absolute Gasteiger partial charge is 0.462 e. The summed E-state index contributed by atoms with van der Waals surface area (Å²) < 4.78 is 5.59. The number of ether oxygens (including phenoxy) is 1. The zero-order valence-electron chi connectivity index (χ0n) is 32.1. The monoisotopic (exact) mass is 838 g/mol. The summed E-state index contributed by atoms with van der Waals surface area (Å²) in [5.74, 6) is -0.389. The molecule has 0 aliphatic carbocycles. The Balaban J connectivity index is 1.39. The number of carbonyl (C=O) groups excluding carboxylic acids is 1. The van der Waals surface area contributed by atoms with Crippen LogP contribution in [-0.4, -0.2) is 32.5 Å². The van der Waals surface area contributed by atoms with Crippen molar-refractivity contribution in [1.82, 2.24) is 19.9 Å². The van der Waals surface area contributed by atoms with Crippen LogP contribution in [0.5, 0.6) is 0 Å². The van der Waals surface area contributed by atoms with Crippen LogP contribution in [0.25, 0.3) is 102 Å². The predicted octanol–water partition coefficient (Wildman–Crippen LogP) is 14.6. The van der Waals surface area contributed by atoms with E-state index in [1.165, 1.54) is 0 Å². The van der Waals surface area contributed by atoms with Crippen molar-refractivity contribution in [2.24, 2.45) is 0 Å². The van der Waals surface area contributed by atoms with Crippen LogP contribution < -0.4 is 0 Å². The summed E-state index contributed by atoms with van der Waals surface area (Å²) in [5.41, 5.74) is 14.0. The molecular formula is C51H33Cl3N4O2. The highest BCUT2D eigenvalue weighted by Gasteiger charge is 2.22. The second-order valence-corrected chi connectivity index (χ2v) is 15.8. The van der Waals surface area contributed by atoms with E-state index in [0.29, 0.717) is 26.3 Å². The molecule has 0 spiro atoms. The number of halogens is 3. The lowest BCUT2D eigenvalue weighted by Crippen LogP contribution is -2.06. The van der Waals surface area contributed by atoms with E-state index in [0.717, 1.165) is 94.4 Å². The number of aromatic amines is 2. The van der Waals surface area contributed by atoms with E-state index in [1.807, 2.05) is 128 Å². The van der Waals surface area contributed by atoms with Gasteiger partial charge in [-0.2, -0.15) is 0 Å². The molecule has 5 heterocycles. The summed E-state index contributed by atoms with van der Waals surface area (Å²) in [5, 5.41) is 3.58. The number of hydrogen-bond acceptors (Lipinski definition) is 4. The number of hydrogen-bond donors (Lipinski definition) is 2. The third-order valence-electron chi connectivity index (χ3n) is 10.8. The van der Waals surface area contributed by atoms with Crippen molar-refractivity contribution in [2.75, 3.05) is 6.61 Å². The minimum Gasteiger partial charge on any atom is -0.462 e. The molecule has 6 nitrogen and oxygen atoms in total. The van der Waals surface area contributed by atoms with E-state index < -0.39 is 0 Å². The van der Waals surface area contributed by atoms with Gasteiger partial charge in [0.05, 0.1) is 34.9 Å². The second kappa shape index (κ2) is 15.5. The van der Waals surface area contributed by atoms with E-state index in [-0.39, 0.29) is 12.6 Å². The van der Waals surface area contributed by atoms with E-state index in [9.17, 15) is 4.79 Å². The summed E-state index contributed by atoms with van der Waals surface area (Å²) in [7, 11) is 0. The molecule has 2 aliphatic rings. The molecule has 9 heteroatoms. The average Bonchev–Trinajstić information content (AvgIpc) is 4.11. The van der Waals surface area contributed by atoms with Gasteiger partial charge in [0.1, 0.15) is 0 Å². The third kappa shape index (κ3) is 6.79. The highest BCUT2D eigenvalue weighted by Crippen LogP contribution is 2.41. The molecule has 0 fully saturated rings. The fraction of sp³-hybridized carbons (Fsp3) is 0.0392. The Labute approximate surface area is 360 Å². The maximum absolute atomic E-state index is 13.6. The molecule has 60 heavy (non-hydrogen) atoms. The Bertz CT molecular complexity index is 3210. The molecule has 3 aromatic heterocycles. The van der Waals surface area contributed by atoms with Gasteiger partial charge in [-0.3, -0.25) is 0 Å². The number of rotatable bonds is 6. The Kier molecular flexibility index (Phi) is 9.69. The number of H-pyrrole nitrogens is 2. The Morgan fingerprint density at radius 1 is 0.500 bits per heavy atom. The number of carbonyl (C=O) groups is 1. The van der Waals surface area contributed by atoms with Crippen LogP contribution in [0.2, 0.25) is 15.1 Å². The normalized spacial score (nSPS) is 12.0. The molecule has 0 amide bonds. The van der Waals surface area contributed by atoms with Crippen LogP contribution >= 0.6 is 34.8 Å². The first kappa shape index (κ1) is 37.6. The molecule has 5 aromatic carbocycles. The van der Waals surface area contributed by atoms with E-state index in [1.54, 1.807) is 0 Å². The van der Waals surface area contributed by atoms with Crippen molar-refractivity contribution < 1.29 is 9.53 Å². The number of nitrogens with one attached hydrogen (secondary N) is 2. The van der Waals surface area contributed by atoms with Gasteiger partial charge in [-0.05, 0) is 126 Å². The zero-order chi connectivity index (χ0) is 40.9. The number of fused-ring (bicyclic) bond motifs is 9. The van der Waals surface area contributed by atoms with Crippen molar-refractivity contribution in [3.8, 4) is 44.5 Å². The van der Waals surface area contributed by atoms with Gasteiger partial charge in [-0.15, -0.1) is 0 Å². The molecule has 0 unspecified atom stereocenters. The van der Waals surface area contributed by atoms with Gasteiger partial charge in [0.25, 0.3) is 0 Å². The van der Waals surface area contributed by atoms with Crippen molar-refractivity contribution in [3.05, 3.63) is 177 Å². The second-order valence-electron chi connectivity index (χ2n) is 14.5. The molecule has 2 N–H and O–H groups in total. The maximum Gasteiger partial charge on any atom is 0.338 e. The maximum atomic E-state index is 13.6. The first-order valence-electron chi connectivity index (χ1n) is 19.5. The first-order valence-corrected chi connectivity index (χ1v) is 20.6. The molecule has 0 atom stereocenters. The van der Waals surface area contributed by atoms with E-state index in [2.05, 4.69) is 46.4 Å². The number of esters is 1. The summed E-state index contributed by atoms with van der Waals surface area (Å²) >= 11 is 19.3. The lowest BCUT2D eigenvalue weighted by molar-refractivity contribution is 0.0528. The minimum atomic E-state index is -0.389. The van der Waals surface area contributed by atoms with Gasteiger partial charge < -0.3 is 14.7 Å². The van der Waals surface area contributed by atoms with E-state index >= 15 is 0 Å². The molecule has 0 radical (unpaired) electrons. The SMILES string of the molecule is CCOC(=O)c1cccc2cccc(-c3c4nc(c(-c5ccc(Cl)cc5)c5ccc([nH]5)c(-c5ccc(Cl)cc5)c5nc(c(-c6ccc(Cl)cc6)c6ccc3[nH]6)C=C5)C=C4)c12. The predicted molar refractivity (Wildman–Crippen MR) is 249 cm³/mol. The topological polar surface area (TPSA) is 83.7 Å². The van der Waals surface area contributed by atoms with E-state index in [4.69, 9.17) is 49.5 Å².